The van der Waals surface area contributed by atoms with E-state index in [9.17, 15) is 9.59 Å². The smallest absolute Gasteiger partial charge is 0.248 e. The van der Waals surface area contributed by atoms with E-state index in [1.54, 1.807) is 4.90 Å². The van der Waals surface area contributed by atoms with Gasteiger partial charge in [-0.2, -0.15) is 0 Å². The lowest BCUT2D eigenvalue weighted by atomic mass is 9.95. The van der Waals surface area contributed by atoms with Crippen LogP contribution in [-0.2, 0) is 14.3 Å². The van der Waals surface area contributed by atoms with Crippen molar-refractivity contribution in [2.45, 2.75) is 57.4 Å². The molecule has 5 heteroatoms. The van der Waals surface area contributed by atoms with Gasteiger partial charge in [0.05, 0.1) is 0 Å². The molecule has 0 aromatic heterocycles. The van der Waals surface area contributed by atoms with Gasteiger partial charge in [0.25, 0.3) is 0 Å². The quantitative estimate of drug-likeness (QED) is 0.804. The molecule has 0 radical (unpaired) electrons. The molecular formula is C16H28N2O3. The molecule has 0 unspecified atom stereocenters. The van der Waals surface area contributed by atoms with Crippen molar-refractivity contribution in [2.75, 3.05) is 26.8 Å². The van der Waals surface area contributed by atoms with Crippen LogP contribution in [0.1, 0.15) is 51.4 Å². The lowest BCUT2D eigenvalue weighted by Gasteiger charge is -2.32. The van der Waals surface area contributed by atoms with E-state index >= 15 is 0 Å². The zero-order valence-electron chi connectivity index (χ0n) is 13.1. The summed E-state index contributed by atoms with van der Waals surface area (Å²) in [5.74, 6) is 0.292. The highest BCUT2D eigenvalue weighted by Crippen LogP contribution is 2.21. The minimum Gasteiger partial charge on any atom is -0.375 e. The maximum Gasteiger partial charge on any atom is 0.248 e. The highest BCUT2D eigenvalue weighted by atomic mass is 16.5. The third kappa shape index (κ3) is 4.99. The van der Waals surface area contributed by atoms with Gasteiger partial charge in [-0.1, -0.05) is 25.7 Å². The van der Waals surface area contributed by atoms with Crippen LogP contribution in [0.5, 0.6) is 0 Å². The fourth-order valence-electron chi connectivity index (χ4n) is 3.35. The number of amides is 2. The van der Waals surface area contributed by atoms with Crippen molar-refractivity contribution in [1.82, 2.24) is 10.2 Å². The molecule has 0 spiro atoms. The first-order valence-electron chi connectivity index (χ1n) is 8.28. The molecule has 2 amide bonds. The summed E-state index contributed by atoms with van der Waals surface area (Å²) in [6.07, 6.45) is 8.85. The zero-order chi connectivity index (χ0) is 15.1. The van der Waals surface area contributed by atoms with E-state index in [2.05, 4.69) is 5.32 Å². The second-order valence-electron chi connectivity index (χ2n) is 6.29. The van der Waals surface area contributed by atoms with E-state index in [-0.39, 0.29) is 24.3 Å². The molecule has 1 saturated carbocycles. The van der Waals surface area contributed by atoms with E-state index in [1.165, 1.54) is 32.8 Å². The van der Waals surface area contributed by atoms with Gasteiger partial charge < -0.3 is 15.0 Å². The molecule has 1 heterocycles. The molecule has 1 N–H and O–H groups in total. The van der Waals surface area contributed by atoms with Crippen molar-refractivity contribution in [1.29, 1.82) is 0 Å². The fourth-order valence-corrected chi connectivity index (χ4v) is 3.35. The highest BCUT2D eigenvalue weighted by Gasteiger charge is 2.28. The van der Waals surface area contributed by atoms with Crippen LogP contribution >= 0.6 is 0 Å². The Labute approximate surface area is 127 Å². The molecule has 1 saturated heterocycles. The molecule has 1 aliphatic carbocycles. The van der Waals surface area contributed by atoms with Crippen molar-refractivity contribution in [3.63, 3.8) is 0 Å². The predicted molar refractivity (Wildman–Crippen MR) is 80.8 cm³/mol. The topological polar surface area (TPSA) is 58.6 Å². The Balaban J connectivity index is 1.73. The number of carbonyl (C=O) groups is 2. The summed E-state index contributed by atoms with van der Waals surface area (Å²) < 4.78 is 4.87. The first-order valence-corrected chi connectivity index (χ1v) is 8.28. The first-order chi connectivity index (χ1) is 10.2. The number of nitrogens with zero attached hydrogens (tertiary/aromatic N) is 1. The minimum atomic E-state index is 0.0279. The van der Waals surface area contributed by atoms with Crippen LogP contribution in [0.2, 0.25) is 0 Å². The van der Waals surface area contributed by atoms with Crippen LogP contribution in [0, 0.1) is 5.92 Å². The number of methoxy groups -OCH3 is 1. The molecule has 120 valence electrons. The van der Waals surface area contributed by atoms with E-state index in [4.69, 9.17) is 4.74 Å². The van der Waals surface area contributed by atoms with Gasteiger partial charge >= 0.3 is 0 Å². The number of rotatable bonds is 4. The second kappa shape index (κ2) is 8.37. The van der Waals surface area contributed by atoms with Gasteiger partial charge in [0, 0.05) is 32.2 Å². The fraction of sp³-hybridized carbons (Fsp3) is 0.875. The molecule has 5 nitrogen and oxygen atoms in total. The molecule has 2 fully saturated rings. The molecule has 1 aliphatic heterocycles. The highest BCUT2D eigenvalue weighted by molar-refractivity contribution is 5.80. The Morgan fingerprint density at radius 3 is 2.24 bits per heavy atom. The number of hydrogen-bond acceptors (Lipinski definition) is 3. The lowest BCUT2D eigenvalue weighted by Crippen LogP contribution is -2.46. The normalized spacial score (nSPS) is 21.9. The predicted octanol–water partition coefficient (Wildman–Crippen LogP) is 1.71. The zero-order valence-corrected chi connectivity index (χ0v) is 13.1. The second-order valence-corrected chi connectivity index (χ2v) is 6.29. The molecule has 0 atom stereocenters. The number of ether oxygens (including phenoxy) is 1. The summed E-state index contributed by atoms with van der Waals surface area (Å²) in [6.45, 7) is 1.48. The Kier molecular flexibility index (Phi) is 6.49. The molecular weight excluding hydrogens is 268 g/mol. The lowest BCUT2D eigenvalue weighted by molar-refractivity contribution is -0.138. The molecule has 21 heavy (non-hydrogen) atoms. The summed E-state index contributed by atoms with van der Waals surface area (Å²) in [4.78, 5) is 25.9. The molecule has 2 aliphatic rings. The Morgan fingerprint density at radius 2 is 1.67 bits per heavy atom. The van der Waals surface area contributed by atoms with Gasteiger partial charge in [0.2, 0.25) is 11.8 Å². The average Bonchev–Trinajstić information content (AvgIpc) is 2.76. The number of nitrogens with one attached hydrogen (secondary N) is 1. The van der Waals surface area contributed by atoms with Crippen LogP contribution in [-0.4, -0.2) is 49.6 Å². The molecule has 0 bridgehead atoms. The Morgan fingerprint density at radius 1 is 1.05 bits per heavy atom. The van der Waals surface area contributed by atoms with E-state index in [1.807, 2.05) is 0 Å². The van der Waals surface area contributed by atoms with E-state index < -0.39 is 0 Å². The third-order valence-electron chi connectivity index (χ3n) is 4.69. The Bertz CT molecular complexity index is 343. The van der Waals surface area contributed by atoms with Crippen LogP contribution in [0.15, 0.2) is 0 Å². The van der Waals surface area contributed by atoms with Crippen LogP contribution in [0.25, 0.3) is 0 Å². The van der Waals surface area contributed by atoms with Crippen molar-refractivity contribution < 1.29 is 14.3 Å². The Hall–Kier alpha value is -1.10. The van der Waals surface area contributed by atoms with Crippen molar-refractivity contribution >= 4 is 11.8 Å². The largest absolute Gasteiger partial charge is 0.375 e. The number of likely N-dealkylation sites (tertiary alicyclic amines) is 1. The van der Waals surface area contributed by atoms with Gasteiger partial charge in [0.1, 0.15) is 6.61 Å². The van der Waals surface area contributed by atoms with Crippen LogP contribution < -0.4 is 5.32 Å². The molecule has 0 aromatic carbocycles. The average molecular weight is 296 g/mol. The van der Waals surface area contributed by atoms with Gasteiger partial charge in [0.15, 0.2) is 0 Å². The van der Waals surface area contributed by atoms with E-state index in [0.717, 1.165) is 25.7 Å². The summed E-state index contributed by atoms with van der Waals surface area (Å²) in [6, 6.07) is 0.369. The van der Waals surface area contributed by atoms with Gasteiger partial charge in [-0.3, -0.25) is 9.59 Å². The van der Waals surface area contributed by atoms with Crippen molar-refractivity contribution in [3.05, 3.63) is 0 Å². The summed E-state index contributed by atoms with van der Waals surface area (Å²) in [7, 11) is 1.53. The third-order valence-corrected chi connectivity index (χ3v) is 4.69. The summed E-state index contributed by atoms with van der Waals surface area (Å²) >= 11 is 0. The standard InChI is InChI=1S/C16H28N2O3/c1-21-12-15(19)18-10-8-13(9-11-18)16(20)17-14-6-4-2-3-5-7-14/h13-14H,2-12H2,1H3,(H,17,20). The molecule has 0 aromatic rings. The van der Waals surface area contributed by atoms with Crippen molar-refractivity contribution in [2.24, 2.45) is 5.92 Å². The number of carbonyl (C=O) groups excluding carboxylic acids is 2. The summed E-state index contributed by atoms with van der Waals surface area (Å²) in [5.41, 5.74) is 0. The van der Waals surface area contributed by atoms with E-state index in [0.29, 0.717) is 19.1 Å². The maximum atomic E-state index is 12.3. The molecule has 2 rings (SSSR count). The maximum absolute atomic E-state index is 12.3. The SMILES string of the molecule is COCC(=O)N1CCC(C(=O)NC2CCCCCC2)CC1. The van der Waals surface area contributed by atoms with Gasteiger partial charge in [-0.15, -0.1) is 0 Å². The first kappa shape index (κ1) is 16.3. The minimum absolute atomic E-state index is 0.0279. The summed E-state index contributed by atoms with van der Waals surface area (Å²) in [5, 5.41) is 3.23. The van der Waals surface area contributed by atoms with Crippen LogP contribution in [0.3, 0.4) is 0 Å². The monoisotopic (exact) mass is 296 g/mol. The number of hydrogen-bond donors (Lipinski definition) is 1. The van der Waals surface area contributed by atoms with Gasteiger partial charge in [-0.05, 0) is 25.7 Å². The van der Waals surface area contributed by atoms with Crippen LogP contribution in [0.4, 0.5) is 0 Å². The van der Waals surface area contributed by atoms with Crippen molar-refractivity contribution in [3.8, 4) is 0 Å². The van der Waals surface area contributed by atoms with Gasteiger partial charge in [-0.25, -0.2) is 0 Å². The number of piperidine rings is 1.